The third-order valence-electron chi connectivity index (χ3n) is 7.92. The van der Waals surface area contributed by atoms with Crippen LogP contribution in [0.1, 0.15) is 38.5 Å². The number of carbonyl (C=O) groups is 4. The summed E-state index contributed by atoms with van der Waals surface area (Å²) in [7, 11) is 0. The maximum absolute atomic E-state index is 13.5. The molecule has 0 spiro atoms. The number of thioether (sulfide) groups is 1. The van der Waals surface area contributed by atoms with Crippen molar-refractivity contribution in [2.24, 2.45) is 0 Å². The van der Waals surface area contributed by atoms with Crippen LogP contribution < -0.4 is 26.0 Å². The number of amides is 4. The van der Waals surface area contributed by atoms with Crippen molar-refractivity contribution in [2.75, 3.05) is 98.1 Å². The van der Waals surface area contributed by atoms with Crippen LogP contribution in [0.3, 0.4) is 0 Å². The number of ether oxygens (including phenoxy) is 7. The number of urea groups is 1. The quantitative estimate of drug-likeness (QED) is 0.0223. The largest absolute Gasteiger partial charge is 0.420 e. The lowest BCUT2D eigenvalue weighted by Gasteiger charge is -2.16. The van der Waals surface area contributed by atoms with Gasteiger partial charge in [0.05, 0.1) is 97.8 Å². The van der Waals surface area contributed by atoms with E-state index in [4.69, 9.17) is 28.4 Å². The Morgan fingerprint density at radius 2 is 1.15 bits per heavy atom. The number of rotatable bonds is 30. The summed E-state index contributed by atoms with van der Waals surface area (Å²) in [6.07, 6.45) is 2.88. The molecule has 0 radical (unpaired) electrons. The average molecular weight is 799 g/mol. The van der Waals surface area contributed by atoms with Gasteiger partial charge in [0, 0.05) is 43.0 Å². The first-order valence-corrected chi connectivity index (χ1v) is 18.9. The van der Waals surface area contributed by atoms with Crippen LogP contribution >= 0.6 is 11.8 Å². The number of unbranched alkanes of at least 4 members (excludes halogenated alkanes) is 1. The molecule has 4 amide bonds. The molecule has 0 bridgehead atoms. The summed E-state index contributed by atoms with van der Waals surface area (Å²) in [5, 5.41) is 11.8. The lowest BCUT2D eigenvalue weighted by molar-refractivity contribution is -0.136. The molecule has 2 saturated heterocycles. The molecule has 0 aromatic heterocycles. The molecule has 1 aromatic rings. The molecule has 1 aromatic carbocycles. The van der Waals surface area contributed by atoms with Gasteiger partial charge in [0.15, 0.2) is 11.6 Å². The molecule has 2 fully saturated rings. The first kappa shape index (κ1) is 45.1. The Kier molecular flexibility index (Phi) is 22.2. The summed E-state index contributed by atoms with van der Waals surface area (Å²) in [5.41, 5.74) is 0. The van der Waals surface area contributed by atoms with Crippen molar-refractivity contribution in [3.8, 4) is 5.75 Å². The van der Waals surface area contributed by atoms with Crippen molar-refractivity contribution in [2.45, 2.75) is 55.9 Å². The van der Waals surface area contributed by atoms with Gasteiger partial charge in [-0.05, 0) is 12.8 Å². The number of benzene rings is 1. The number of nitrogens with one attached hydrogen (secondary N) is 4. The fourth-order valence-electron chi connectivity index (χ4n) is 5.18. The van der Waals surface area contributed by atoms with Crippen LogP contribution in [0.25, 0.3) is 0 Å². The molecule has 20 heteroatoms. The first-order chi connectivity index (χ1) is 26.2. The second-order valence-corrected chi connectivity index (χ2v) is 13.3. The predicted molar refractivity (Wildman–Crippen MR) is 186 cm³/mol. The van der Waals surface area contributed by atoms with Gasteiger partial charge in [0.25, 0.3) is 0 Å². The van der Waals surface area contributed by atoms with Gasteiger partial charge >= 0.3 is 12.0 Å². The molecule has 306 valence electrons. The van der Waals surface area contributed by atoms with Gasteiger partial charge < -0.3 is 54.4 Å². The van der Waals surface area contributed by atoms with Crippen molar-refractivity contribution in [1.29, 1.82) is 0 Å². The van der Waals surface area contributed by atoms with Crippen LogP contribution in [0, 0.1) is 23.3 Å². The molecule has 3 atom stereocenters. The summed E-state index contributed by atoms with van der Waals surface area (Å²) < 4.78 is 89.8. The van der Waals surface area contributed by atoms with E-state index in [0.717, 1.165) is 25.0 Å². The predicted octanol–water partition coefficient (Wildman–Crippen LogP) is 1.99. The molecule has 3 rings (SSSR count). The minimum absolute atomic E-state index is 0.0116. The average Bonchev–Trinajstić information content (AvgIpc) is 3.70. The molecular weight excluding hydrogens is 748 g/mol. The van der Waals surface area contributed by atoms with Crippen molar-refractivity contribution in [3.05, 3.63) is 29.3 Å². The molecule has 2 heterocycles. The first-order valence-electron chi connectivity index (χ1n) is 17.9. The van der Waals surface area contributed by atoms with Gasteiger partial charge in [-0.25, -0.2) is 13.6 Å². The topological polar surface area (TPSA) is 181 Å². The number of fused-ring (bicyclic) bond motifs is 1. The van der Waals surface area contributed by atoms with Gasteiger partial charge in [-0.3, -0.25) is 14.4 Å². The van der Waals surface area contributed by atoms with E-state index in [-0.39, 0.29) is 75.5 Å². The van der Waals surface area contributed by atoms with Crippen LogP contribution in [-0.4, -0.2) is 139 Å². The Balaban J connectivity index is 0.979. The van der Waals surface area contributed by atoms with Crippen LogP contribution in [0.2, 0.25) is 0 Å². The Morgan fingerprint density at radius 3 is 1.69 bits per heavy atom. The van der Waals surface area contributed by atoms with E-state index in [0.29, 0.717) is 71.0 Å². The van der Waals surface area contributed by atoms with Crippen molar-refractivity contribution in [3.63, 3.8) is 0 Å². The maximum atomic E-state index is 13.5. The Labute approximate surface area is 315 Å². The van der Waals surface area contributed by atoms with Gasteiger partial charge in [0.2, 0.25) is 29.2 Å². The Morgan fingerprint density at radius 1 is 0.667 bits per heavy atom. The van der Waals surface area contributed by atoms with Gasteiger partial charge in [0.1, 0.15) is 0 Å². The van der Waals surface area contributed by atoms with E-state index in [1.807, 2.05) is 11.8 Å². The molecule has 15 nitrogen and oxygen atoms in total. The number of hydrogen-bond donors (Lipinski definition) is 4. The Bertz CT molecular complexity index is 1300. The monoisotopic (exact) mass is 798 g/mol. The SMILES string of the molecule is O=C(CCCC[C@@H]1SC[C@@H]2NC(=O)N[C@@H]21)NCCNC(=O)CCOCCOCCOCCOCCOCCOCCC(=O)Oc1c(F)c(F)cc(F)c1F. The number of halogens is 4. The summed E-state index contributed by atoms with van der Waals surface area (Å²) in [6.45, 7) is 3.79. The van der Waals surface area contributed by atoms with Crippen molar-refractivity contribution >= 4 is 35.6 Å². The fraction of sp³-hybridized carbons (Fsp3) is 0.706. The summed E-state index contributed by atoms with van der Waals surface area (Å²) in [5.74, 6) is -8.82. The van der Waals surface area contributed by atoms with E-state index in [1.54, 1.807) is 0 Å². The van der Waals surface area contributed by atoms with E-state index in [2.05, 4.69) is 26.0 Å². The zero-order chi connectivity index (χ0) is 39.0. The lowest BCUT2D eigenvalue weighted by Crippen LogP contribution is -2.36. The van der Waals surface area contributed by atoms with E-state index in [9.17, 15) is 36.7 Å². The van der Waals surface area contributed by atoms with Crippen LogP contribution in [0.15, 0.2) is 6.07 Å². The van der Waals surface area contributed by atoms with Crippen LogP contribution in [0.5, 0.6) is 5.75 Å². The summed E-state index contributed by atoms with van der Waals surface area (Å²) >= 11 is 1.86. The second-order valence-electron chi connectivity index (χ2n) is 12.0. The molecule has 0 saturated carbocycles. The Hall–Kier alpha value is -3.27. The maximum Gasteiger partial charge on any atom is 0.315 e. The molecule has 54 heavy (non-hydrogen) atoms. The standard InChI is InChI=1S/C34H50F4N4O11S/c35-23-21-24(36)31(38)33(30(23)37)53-29(45)6-10-48-12-14-50-16-18-52-20-19-51-17-15-49-13-11-47-9-5-28(44)40-8-7-39-27(43)4-2-1-3-26-32-25(22-54-26)41-34(46)42-32/h21,25-26,32H,1-20,22H2,(H,39,43)(H,40,44)(H2,41,42,46)/t25-,26-,32-/m0/s1. The highest BCUT2D eigenvalue weighted by Gasteiger charge is 2.42. The molecular formula is C34H50F4N4O11S. The van der Waals surface area contributed by atoms with Crippen molar-refractivity contribution < 1.29 is 69.9 Å². The van der Waals surface area contributed by atoms with Crippen LogP contribution in [0.4, 0.5) is 22.4 Å². The smallest absolute Gasteiger partial charge is 0.315 e. The third kappa shape index (κ3) is 17.9. The van der Waals surface area contributed by atoms with E-state index >= 15 is 0 Å². The zero-order valence-corrected chi connectivity index (χ0v) is 30.9. The van der Waals surface area contributed by atoms with E-state index < -0.39 is 41.4 Å². The molecule has 2 aliphatic rings. The van der Waals surface area contributed by atoms with Crippen molar-refractivity contribution in [1.82, 2.24) is 21.3 Å². The number of hydrogen-bond acceptors (Lipinski definition) is 12. The zero-order valence-electron chi connectivity index (χ0n) is 30.1. The molecule has 2 aliphatic heterocycles. The van der Waals surface area contributed by atoms with Crippen LogP contribution in [-0.2, 0) is 42.8 Å². The second kappa shape index (κ2) is 26.5. The number of esters is 1. The van der Waals surface area contributed by atoms with Gasteiger partial charge in [-0.2, -0.15) is 20.5 Å². The highest BCUT2D eigenvalue weighted by Crippen LogP contribution is 2.33. The molecule has 0 aliphatic carbocycles. The van der Waals surface area contributed by atoms with E-state index in [1.165, 1.54) is 0 Å². The third-order valence-corrected chi connectivity index (χ3v) is 9.43. The highest BCUT2D eigenvalue weighted by molar-refractivity contribution is 8.00. The number of carbonyl (C=O) groups excluding carboxylic acids is 4. The van der Waals surface area contributed by atoms with Gasteiger partial charge in [-0.15, -0.1) is 0 Å². The fourth-order valence-corrected chi connectivity index (χ4v) is 6.73. The summed E-state index contributed by atoms with van der Waals surface area (Å²) in [6, 6.07) is 0.306. The summed E-state index contributed by atoms with van der Waals surface area (Å²) in [4.78, 5) is 47.1. The molecule has 4 N–H and O–H groups in total. The van der Waals surface area contributed by atoms with Gasteiger partial charge in [-0.1, -0.05) is 6.42 Å². The lowest BCUT2D eigenvalue weighted by atomic mass is 10.0. The highest BCUT2D eigenvalue weighted by atomic mass is 32.2. The molecule has 0 unspecified atom stereocenters. The normalized spacial score (nSPS) is 17.6. The minimum Gasteiger partial charge on any atom is -0.420 e. The minimum atomic E-state index is -1.80.